The van der Waals surface area contributed by atoms with Crippen molar-refractivity contribution in [3.05, 3.63) is 61.2 Å². The number of carbonyl (C=O) groups is 3. The van der Waals surface area contributed by atoms with E-state index in [2.05, 4.69) is 29.1 Å². The van der Waals surface area contributed by atoms with Crippen molar-refractivity contribution in [3.8, 4) is 0 Å². The summed E-state index contributed by atoms with van der Waals surface area (Å²) < 4.78 is 4.98. The number of aliphatic hydroxyl groups is 1. The Labute approximate surface area is 262 Å². The average Bonchev–Trinajstić information content (AvgIpc) is 3.60. The number of rotatable bonds is 13. The molecule has 1 aliphatic carbocycles. The van der Waals surface area contributed by atoms with Gasteiger partial charge in [0, 0.05) is 22.7 Å². The van der Waals surface area contributed by atoms with Crippen LogP contribution in [0.3, 0.4) is 0 Å². The van der Waals surface area contributed by atoms with Gasteiger partial charge < -0.3 is 19.6 Å². The number of esters is 1. The normalized spacial score (nSPS) is 31.0. The molecule has 3 heterocycles. The standard InChI is InChI=1S/C33H43BrN2O5S/c1-3-5-6-13-19-41-32(40)26-27-30(38)36(25(21-37)22-14-9-7-10-15-22)29(33(27)20-24(34)28(26)42-33)31(39)35(18-4-2)23-16-11-8-12-17-23/h3-4,7,9-10,14-15,23-29,37H,1-2,5-6,8,11-13,16-21H2/t24?,25-,26+,27+,28+,29?,33?/m1/s1. The van der Waals surface area contributed by atoms with Crippen molar-refractivity contribution in [3.63, 3.8) is 0 Å². The number of nitrogens with zero attached hydrogens (tertiary/aromatic N) is 2. The van der Waals surface area contributed by atoms with Gasteiger partial charge in [-0.25, -0.2) is 0 Å². The third kappa shape index (κ3) is 5.61. The zero-order valence-electron chi connectivity index (χ0n) is 24.2. The first-order chi connectivity index (χ1) is 20.4. The lowest BCUT2D eigenvalue weighted by molar-refractivity contribution is -0.154. The second-order valence-corrected chi connectivity index (χ2v) is 14.8. The van der Waals surface area contributed by atoms with E-state index in [1.807, 2.05) is 41.3 Å². The van der Waals surface area contributed by atoms with Gasteiger partial charge in [-0.05, 0) is 44.1 Å². The number of halogens is 1. The van der Waals surface area contributed by atoms with Crippen LogP contribution in [0.15, 0.2) is 55.6 Å². The summed E-state index contributed by atoms with van der Waals surface area (Å²) in [6.45, 7) is 8.08. The van der Waals surface area contributed by atoms with Crippen molar-refractivity contribution >= 4 is 45.5 Å². The summed E-state index contributed by atoms with van der Waals surface area (Å²) >= 11 is 5.45. The van der Waals surface area contributed by atoms with E-state index in [0.29, 0.717) is 19.6 Å². The fourth-order valence-electron chi connectivity index (χ4n) is 7.75. The zero-order chi connectivity index (χ0) is 29.9. The number of likely N-dealkylation sites (tertiary alicyclic amines) is 1. The van der Waals surface area contributed by atoms with Gasteiger partial charge in [0.15, 0.2) is 0 Å². The Morgan fingerprint density at radius 2 is 1.90 bits per heavy atom. The lowest BCUT2D eigenvalue weighted by Crippen LogP contribution is -2.58. The summed E-state index contributed by atoms with van der Waals surface area (Å²) in [5.41, 5.74) is 0.770. The van der Waals surface area contributed by atoms with Crippen LogP contribution in [-0.2, 0) is 19.1 Å². The highest BCUT2D eigenvalue weighted by molar-refractivity contribution is 9.09. The largest absolute Gasteiger partial charge is 0.465 e. The van der Waals surface area contributed by atoms with E-state index in [4.69, 9.17) is 4.74 Å². The van der Waals surface area contributed by atoms with Crippen LogP contribution in [0.2, 0.25) is 0 Å². The molecule has 7 atom stereocenters. The molecule has 9 heteroatoms. The summed E-state index contributed by atoms with van der Waals surface area (Å²) in [6, 6.07) is 7.99. The summed E-state index contributed by atoms with van der Waals surface area (Å²) in [5.74, 6) is -2.04. The lowest BCUT2D eigenvalue weighted by Gasteiger charge is -2.42. The van der Waals surface area contributed by atoms with Gasteiger partial charge in [0.25, 0.3) is 0 Å². The first-order valence-electron chi connectivity index (χ1n) is 15.4. The third-order valence-corrected chi connectivity index (χ3v) is 12.8. The Bertz CT molecular complexity index is 1160. The number of amides is 2. The van der Waals surface area contributed by atoms with Crippen LogP contribution in [0.4, 0.5) is 0 Å². The van der Waals surface area contributed by atoms with Crippen molar-refractivity contribution in [2.45, 2.75) is 90.7 Å². The average molecular weight is 660 g/mol. The van der Waals surface area contributed by atoms with Crippen LogP contribution >= 0.6 is 27.7 Å². The molecule has 0 aromatic heterocycles. The molecule has 2 amide bonds. The van der Waals surface area contributed by atoms with E-state index in [1.165, 1.54) is 0 Å². The summed E-state index contributed by atoms with van der Waals surface area (Å²) in [5, 5.41) is 10.6. The molecule has 2 bridgehead atoms. The number of aliphatic hydroxyl groups excluding tert-OH is 1. The molecule has 4 aliphatic rings. The number of allylic oxidation sites excluding steroid dienone is 1. The first-order valence-corrected chi connectivity index (χ1v) is 17.2. The molecule has 1 aromatic carbocycles. The number of alkyl halides is 1. The highest BCUT2D eigenvalue weighted by atomic mass is 79.9. The van der Waals surface area contributed by atoms with E-state index in [1.54, 1.807) is 22.7 Å². The Balaban J connectivity index is 1.54. The smallest absolute Gasteiger partial charge is 0.310 e. The number of unbranched alkanes of at least 4 members (excludes halogenated alkanes) is 2. The molecule has 7 nitrogen and oxygen atoms in total. The molecular formula is C33H43BrN2O5S. The highest BCUT2D eigenvalue weighted by Crippen LogP contribution is 2.68. The summed E-state index contributed by atoms with van der Waals surface area (Å²) in [4.78, 5) is 46.7. The minimum atomic E-state index is -0.810. The topological polar surface area (TPSA) is 87.1 Å². The van der Waals surface area contributed by atoms with Gasteiger partial charge in [-0.1, -0.05) is 77.7 Å². The van der Waals surface area contributed by atoms with Crippen molar-refractivity contribution < 1.29 is 24.2 Å². The van der Waals surface area contributed by atoms with E-state index >= 15 is 0 Å². The molecule has 1 saturated carbocycles. The van der Waals surface area contributed by atoms with Crippen molar-refractivity contribution in [1.29, 1.82) is 0 Å². The molecule has 3 unspecified atom stereocenters. The molecule has 42 heavy (non-hydrogen) atoms. The van der Waals surface area contributed by atoms with E-state index in [-0.39, 0.29) is 40.5 Å². The molecule has 1 aromatic rings. The molecule has 0 radical (unpaired) electrons. The molecule has 228 valence electrons. The summed E-state index contributed by atoms with van der Waals surface area (Å²) in [6.07, 6.45) is 11.8. The number of ether oxygens (including phenoxy) is 1. The number of thioether (sulfide) groups is 1. The van der Waals surface area contributed by atoms with Crippen molar-refractivity contribution in [1.82, 2.24) is 9.80 Å². The minimum Gasteiger partial charge on any atom is -0.465 e. The van der Waals surface area contributed by atoms with Gasteiger partial charge in [-0.3, -0.25) is 14.4 Å². The molecule has 3 saturated heterocycles. The predicted molar refractivity (Wildman–Crippen MR) is 169 cm³/mol. The molecule has 5 rings (SSSR count). The van der Waals surface area contributed by atoms with E-state index < -0.39 is 28.7 Å². The number of carbonyl (C=O) groups excluding carboxylic acids is 3. The van der Waals surface area contributed by atoms with Crippen LogP contribution in [0.5, 0.6) is 0 Å². The fourth-order valence-corrected chi connectivity index (χ4v) is 11.3. The van der Waals surface area contributed by atoms with E-state index in [9.17, 15) is 19.5 Å². The number of benzene rings is 1. The van der Waals surface area contributed by atoms with Crippen LogP contribution in [0.1, 0.15) is 69.4 Å². The van der Waals surface area contributed by atoms with Gasteiger partial charge in [-0.15, -0.1) is 24.9 Å². The Hall–Kier alpha value is -2.10. The number of hydrogen-bond acceptors (Lipinski definition) is 6. The van der Waals surface area contributed by atoms with Crippen molar-refractivity contribution in [2.75, 3.05) is 19.8 Å². The maximum absolute atomic E-state index is 14.9. The number of fused-ring (bicyclic) bond motifs is 1. The second kappa shape index (κ2) is 13.7. The molecule has 1 N–H and O–H groups in total. The zero-order valence-corrected chi connectivity index (χ0v) is 26.6. The molecule has 1 spiro atoms. The number of hydrogen-bond donors (Lipinski definition) is 1. The Kier molecular flexibility index (Phi) is 10.2. The van der Waals surface area contributed by atoms with Crippen LogP contribution in [0.25, 0.3) is 0 Å². The monoisotopic (exact) mass is 658 g/mol. The Morgan fingerprint density at radius 1 is 1.17 bits per heavy atom. The predicted octanol–water partition coefficient (Wildman–Crippen LogP) is 5.43. The van der Waals surface area contributed by atoms with Gasteiger partial charge in [0.1, 0.15) is 6.04 Å². The van der Waals surface area contributed by atoms with Crippen molar-refractivity contribution in [2.24, 2.45) is 11.8 Å². The van der Waals surface area contributed by atoms with Crippen LogP contribution in [-0.4, -0.2) is 79.4 Å². The van der Waals surface area contributed by atoms with Gasteiger partial charge >= 0.3 is 5.97 Å². The lowest BCUT2D eigenvalue weighted by atomic mass is 9.71. The Morgan fingerprint density at radius 3 is 2.57 bits per heavy atom. The molecule has 4 fully saturated rings. The van der Waals surface area contributed by atoms with Gasteiger partial charge in [-0.2, -0.15) is 0 Å². The highest BCUT2D eigenvalue weighted by Gasteiger charge is 2.77. The summed E-state index contributed by atoms with van der Waals surface area (Å²) in [7, 11) is 0. The molecule has 3 aliphatic heterocycles. The van der Waals surface area contributed by atoms with Gasteiger partial charge in [0.2, 0.25) is 11.8 Å². The maximum Gasteiger partial charge on any atom is 0.310 e. The van der Waals surface area contributed by atoms with Crippen LogP contribution < -0.4 is 0 Å². The second-order valence-electron chi connectivity index (χ2n) is 12.0. The van der Waals surface area contributed by atoms with Crippen LogP contribution in [0, 0.1) is 11.8 Å². The fraction of sp³-hybridized carbons (Fsp3) is 0.606. The SMILES string of the molecule is C=CCCCCOC(=O)[C@H]1[C@H]2C(=O)N([C@H](CO)c3ccccc3)C(C(=O)N(CC=C)C3CCCCC3)C23CC(Br)[C@@H]1S3. The molecular weight excluding hydrogens is 616 g/mol. The van der Waals surface area contributed by atoms with Gasteiger partial charge in [0.05, 0.1) is 35.8 Å². The quantitative estimate of drug-likeness (QED) is 0.132. The minimum absolute atomic E-state index is 0.0352. The first kappa shape index (κ1) is 31.3. The third-order valence-electron chi connectivity index (χ3n) is 9.60. The maximum atomic E-state index is 14.9. The van der Waals surface area contributed by atoms with E-state index in [0.717, 1.165) is 56.9 Å².